The van der Waals surface area contributed by atoms with Crippen molar-refractivity contribution in [2.45, 2.75) is 12.5 Å². The monoisotopic (exact) mass is 323 g/mol. The lowest BCUT2D eigenvalue weighted by Crippen LogP contribution is -2.03. The zero-order valence-electron chi connectivity index (χ0n) is 9.31. The number of aliphatic hydroxyl groups is 1. The lowest BCUT2D eigenvalue weighted by molar-refractivity contribution is -0.115. The van der Waals surface area contributed by atoms with E-state index in [4.69, 9.17) is 0 Å². The van der Waals surface area contributed by atoms with Gasteiger partial charge in [0.25, 0.3) is 0 Å². The van der Waals surface area contributed by atoms with E-state index in [0.29, 0.717) is 6.42 Å². The standard InChI is InChI=1S/C13H10BrNO2S/c14-11-4-9(6-18-11)13(17)7-1-2-10-8(3-7)5-12(16)15-10/h1-4,6,13,17H,5H2,(H,15,16). The van der Waals surface area contributed by atoms with Crippen LogP contribution in [0.5, 0.6) is 0 Å². The molecule has 1 aliphatic rings. The number of benzene rings is 1. The Kier molecular flexibility index (Phi) is 2.97. The Labute approximate surface area is 117 Å². The molecule has 92 valence electrons. The quantitative estimate of drug-likeness (QED) is 0.892. The van der Waals surface area contributed by atoms with Crippen molar-refractivity contribution in [1.29, 1.82) is 0 Å². The second kappa shape index (κ2) is 4.50. The molecule has 0 fully saturated rings. The Morgan fingerprint density at radius 2 is 2.17 bits per heavy atom. The van der Waals surface area contributed by atoms with Crippen LogP contribution in [-0.2, 0) is 11.2 Å². The van der Waals surface area contributed by atoms with Gasteiger partial charge in [-0.15, -0.1) is 11.3 Å². The number of carbonyl (C=O) groups excluding carboxylic acids is 1. The maximum absolute atomic E-state index is 11.3. The highest BCUT2D eigenvalue weighted by Gasteiger charge is 2.20. The molecule has 0 saturated heterocycles. The molecular weight excluding hydrogens is 314 g/mol. The van der Waals surface area contributed by atoms with Gasteiger partial charge in [0.05, 0.1) is 10.2 Å². The molecule has 0 bridgehead atoms. The van der Waals surface area contributed by atoms with Crippen LogP contribution in [0.2, 0.25) is 0 Å². The third-order valence-corrected chi connectivity index (χ3v) is 4.50. The number of hydrogen-bond acceptors (Lipinski definition) is 3. The number of nitrogens with one attached hydrogen (secondary N) is 1. The SMILES string of the molecule is O=C1Cc2cc(C(O)c3csc(Br)c3)ccc2N1. The van der Waals surface area contributed by atoms with Crippen molar-refractivity contribution < 1.29 is 9.90 Å². The zero-order valence-corrected chi connectivity index (χ0v) is 11.7. The van der Waals surface area contributed by atoms with E-state index >= 15 is 0 Å². The molecule has 0 spiro atoms. The van der Waals surface area contributed by atoms with Gasteiger partial charge in [0.15, 0.2) is 0 Å². The first-order valence-electron chi connectivity index (χ1n) is 5.48. The first kappa shape index (κ1) is 11.9. The van der Waals surface area contributed by atoms with Crippen LogP contribution < -0.4 is 5.32 Å². The number of aliphatic hydroxyl groups excluding tert-OH is 1. The largest absolute Gasteiger partial charge is 0.384 e. The number of halogens is 1. The van der Waals surface area contributed by atoms with Crippen LogP contribution in [-0.4, -0.2) is 11.0 Å². The number of anilines is 1. The van der Waals surface area contributed by atoms with E-state index in [-0.39, 0.29) is 5.91 Å². The Morgan fingerprint density at radius 1 is 1.33 bits per heavy atom. The molecule has 1 amide bonds. The third kappa shape index (κ3) is 2.09. The lowest BCUT2D eigenvalue weighted by Gasteiger charge is -2.10. The summed E-state index contributed by atoms with van der Waals surface area (Å²) in [5.74, 6) is 0.00918. The van der Waals surface area contributed by atoms with Crippen LogP contribution in [0.4, 0.5) is 5.69 Å². The van der Waals surface area contributed by atoms with Crippen molar-refractivity contribution in [2.75, 3.05) is 5.32 Å². The van der Waals surface area contributed by atoms with Gasteiger partial charge in [0.1, 0.15) is 6.10 Å². The topological polar surface area (TPSA) is 49.3 Å². The van der Waals surface area contributed by atoms with E-state index in [1.807, 2.05) is 29.6 Å². The molecule has 1 aliphatic heterocycles. The third-order valence-electron chi connectivity index (χ3n) is 2.97. The number of thiophene rings is 1. The van der Waals surface area contributed by atoms with Crippen LogP contribution in [0.1, 0.15) is 22.8 Å². The Balaban J connectivity index is 1.94. The van der Waals surface area contributed by atoms with Crippen molar-refractivity contribution in [3.63, 3.8) is 0 Å². The molecular formula is C13H10BrNO2S. The second-order valence-corrected chi connectivity index (χ2v) is 6.52. The van der Waals surface area contributed by atoms with Crippen molar-refractivity contribution in [3.05, 3.63) is 50.1 Å². The molecule has 0 radical (unpaired) electrons. The summed E-state index contributed by atoms with van der Waals surface area (Å²) in [6.07, 6.45) is -0.253. The molecule has 5 heteroatoms. The van der Waals surface area contributed by atoms with Gasteiger partial charge in [-0.25, -0.2) is 0 Å². The average Bonchev–Trinajstić information content (AvgIpc) is 2.92. The highest BCUT2D eigenvalue weighted by Crippen LogP contribution is 2.32. The zero-order chi connectivity index (χ0) is 12.7. The molecule has 1 unspecified atom stereocenters. The van der Waals surface area contributed by atoms with Crippen LogP contribution in [0, 0.1) is 0 Å². The van der Waals surface area contributed by atoms with Crippen molar-refractivity contribution in [3.8, 4) is 0 Å². The van der Waals surface area contributed by atoms with Crippen LogP contribution in [0.15, 0.2) is 33.4 Å². The Bertz CT molecular complexity index is 623. The smallest absolute Gasteiger partial charge is 0.228 e. The van der Waals surface area contributed by atoms with Gasteiger partial charge in [-0.2, -0.15) is 0 Å². The molecule has 1 aromatic heterocycles. The van der Waals surface area contributed by atoms with Crippen molar-refractivity contribution >= 4 is 38.9 Å². The van der Waals surface area contributed by atoms with Gasteiger partial charge in [0, 0.05) is 5.69 Å². The summed E-state index contributed by atoms with van der Waals surface area (Å²) in [6, 6.07) is 7.50. The summed E-state index contributed by atoms with van der Waals surface area (Å²) in [5, 5.41) is 15.0. The van der Waals surface area contributed by atoms with E-state index in [0.717, 1.165) is 26.2 Å². The molecule has 0 aliphatic carbocycles. The van der Waals surface area contributed by atoms with Gasteiger partial charge in [0.2, 0.25) is 5.91 Å². The van der Waals surface area contributed by atoms with Gasteiger partial charge in [-0.3, -0.25) is 4.79 Å². The summed E-state index contributed by atoms with van der Waals surface area (Å²) < 4.78 is 0.995. The van der Waals surface area contributed by atoms with Crippen molar-refractivity contribution in [1.82, 2.24) is 0 Å². The van der Waals surface area contributed by atoms with E-state index in [2.05, 4.69) is 21.2 Å². The molecule has 0 saturated carbocycles. The number of carbonyl (C=O) groups is 1. The molecule has 2 heterocycles. The highest BCUT2D eigenvalue weighted by molar-refractivity contribution is 9.11. The van der Waals surface area contributed by atoms with E-state index in [1.165, 1.54) is 0 Å². The minimum absolute atomic E-state index is 0.00918. The van der Waals surface area contributed by atoms with Crippen LogP contribution in [0.25, 0.3) is 0 Å². The maximum atomic E-state index is 11.3. The summed E-state index contributed by atoms with van der Waals surface area (Å²) in [4.78, 5) is 11.3. The maximum Gasteiger partial charge on any atom is 0.228 e. The highest BCUT2D eigenvalue weighted by atomic mass is 79.9. The number of fused-ring (bicyclic) bond motifs is 1. The predicted octanol–water partition coefficient (Wildman–Crippen LogP) is 3.09. The molecule has 1 atom stereocenters. The summed E-state index contributed by atoms with van der Waals surface area (Å²) >= 11 is 4.93. The molecule has 2 aromatic rings. The Morgan fingerprint density at radius 3 is 2.89 bits per heavy atom. The first-order chi connectivity index (χ1) is 8.63. The van der Waals surface area contributed by atoms with E-state index in [9.17, 15) is 9.90 Å². The molecule has 2 N–H and O–H groups in total. The number of hydrogen-bond donors (Lipinski definition) is 2. The molecule has 3 nitrogen and oxygen atoms in total. The normalized spacial score (nSPS) is 15.3. The first-order valence-corrected chi connectivity index (χ1v) is 7.15. The van der Waals surface area contributed by atoms with Crippen LogP contribution >= 0.6 is 27.3 Å². The minimum Gasteiger partial charge on any atom is -0.384 e. The summed E-state index contributed by atoms with van der Waals surface area (Å²) in [5.41, 5.74) is 3.48. The van der Waals surface area contributed by atoms with E-state index < -0.39 is 6.10 Å². The summed E-state index contributed by atoms with van der Waals surface area (Å²) in [6.45, 7) is 0. The second-order valence-electron chi connectivity index (χ2n) is 4.23. The molecule has 1 aromatic carbocycles. The number of rotatable bonds is 2. The average molecular weight is 324 g/mol. The fourth-order valence-corrected chi connectivity index (χ4v) is 3.27. The fourth-order valence-electron chi connectivity index (χ4n) is 2.08. The lowest BCUT2D eigenvalue weighted by atomic mass is 10.0. The Hall–Kier alpha value is -1.17. The van der Waals surface area contributed by atoms with Gasteiger partial charge in [-0.05, 0) is 50.1 Å². The minimum atomic E-state index is -0.645. The van der Waals surface area contributed by atoms with Gasteiger partial charge < -0.3 is 10.4 Å². The molecule has 3 rings (SSSR count). The predicted molar refractivity (Wildman–Crippen MR) is 74.9 cm³/mol. The molecule has 18 heavy (non-hydrogen) atoms. The fraction of sp³-hybridized carbons (Fsp3) is 0.154. The van der Waals surface area contributed by atoms with Crippen LogP contribution in [0.3, 0.4) is 0 Å². The summed E-state index contributed by atoms with van der Waals surface area (Å²) in [7, 11) is 0. The van der Waals surface area contributed by atoms with E-state index in [1.54, 1.807) is 11.3 Å². The number of amides is 1. The van der Waals surface area contributed by atoms with Gasteiger partial charge in [-0.1, -0.05) is 12.1 Å². The van der Waals surface area contributed by atoms with Gasteiger partial charge >= 0.3 is 0 Å². The van der Waals surface area contributed by atoms with Crippen molar-refractivity contribution in [2.24, 2.45) is 0 Å².